The van der Waals surface area contributed by atoms with Crippen LogP contribution in [0.4, 0.5) is 11.6 Å². The fourth-order valence-corrected chi connectivity index (χ4v) is 1.50. The van der Waals surface area contributed by atoms with E-state index in [2.05, 4.69) is 19.9 Å². The summed E-state index contributed by atoms with van der Waals surface area (Å²) in [5.74, 6) is 0.701. The molecule has 2 rings (SSSR count). The Labute approximate surface area is 90.5 Å². The first-order chi connectivity index (χ1) is 7.11. The Bertz CT molecular complexity index is 526. The van der Waals surface area contributed by atoms with Crippen molar-refractivity contribution in [3.63, 3.8) is 0 Å². The van der Waals surface area contributed by atoms with Crippen LogP contribution >= 0.6 is 11.8 Å². The lowest BCUT2D eigenvalue weighted by Crippen LogP contribution is -2.04. The van der Waals surface area contributed by atoms with Crippen molar-refractivity contribution in [2.75, 3.05) is 17.7 Å². The van der Waals surface area contributed by atoms with Crippen LogP contribution in [-0.4, -0.2) is 26.2 Å². The Hall–Kier alpha value is -1.63. The molecule has 0 aromatic carbocycles. The molecule has 2 aromatic heterocycles. The van der Waals surface area contributed by atoms with Crippen molar-refractivity contribution in [1.82, 2.24) is 19.9 Å². The summed E-state index contributed by atoms with van der Waals surface area (Å²) in [4.78, 5) is 16.6. The minimum absolute atomic E-state index is 0.333. The smallest absolute Gasteiger partial charge is 0.191 e. The zero-order valence-electron chi connectivity index (χ0n) is 8.35. The van der Waals surface area contributed by atoms with Crippen molar-refractivity contribution in [2.24, 2.45) is 0 Å². The molecule has 0 fully saturated rings. The van der Waals surface area contributed by atoms with E-state index in [1.54, 1.807) is 6.92 Å². The SMILES string of the molecule is CSc1nc(N)c2nc(C)c(N)nc2n1. The highest BCUT2D eigenvalue weighted by Crippen LogP contribution is 2.19. The Kier molecular flexibility index (Phi) is 2.31. The molecule has 0 aliphatic rings. The van der Waals surface area contributed by atoms with Gasteiger partial charge in [0.1, 0.15) is 5.82 Å². The van der Waals surface area contributed by atoms with Crippen LogP contribution < -0.4 is 11.5 Å². The van der Waals surface area contributed by atoms with Crippen molar-refractivity contribution in [2.45, 2.75) is 12.1 Å². The average Bonchev–Trinajstić information content (AvgIpc) is 2.21. The number of nitrogen functional groups attached to an aromatic ring is 2. The molecule has 0 saturated carbocycles. The number of fused-ring (bicyclic) bond motifs is 1. The molecule has 0 saturated heterocycles. The maximum Gasteiger partial charge on any atom is 0.191 e. The van der Waals surface area contributed by atoms with Gasteiger partial charge in [-0.2, -0.15) is 0 Å². The largest absolute Gasteiger partial charge is 0.382 e. The van der Waals surface area contributed by atoms with Crippen molar-refractivity contribution in [3.05, 3.63) is 5.69 Å². The van der Waals surface area contributed by atoms with Gasteiger partial charge in [0.15, 0.2) is 22.1 Å². The Morgan fingerprint density at radius 3 is 2.40 bits per heavy atom. The van der Waals surface area contributed by atoms with Gasteiger partial charge in [-0.3, -0.25) is 0 Å². The zero-order chi connectivity index (χ0) is 11.0. The van der Waals surface area contributed by atoms with Gasteiger partial charge in [0.2, 0.25) is 0 Å². The third-order valence-corrected chi connectivity index (χ3v) is 2.48. The summed E-state index contributed by atoms with van der Waals surface area (Å²) in [5, 5.41) is 0.567. The molecule has 0 amide bonds. The second-order valence-electron chi connectivity index (χ2n) is 2.96. The number of nitrogens with zero attached hydrogens (tertiary/aromatic N) is 4. The van der Waals surface area contributed by atoms with Gasteiger partial charge in [0.25, 0.3) is 0 Å². The third kappa shape index (κ3) is 1.65. The number of aryl methyl sites for hydroxylation is 1. The van der Waals surface area contributed by atoms with Crippen molar-refractivity contribution < 1.29 is 0 Å². The minimum atomic E-state index is 0.333. The Morgan fingerprint density at radius 2 is 1.73 bits per heavy atom. The molecule has 4 N–H and O–H groups in total. The number of hydrogen-bond acceptors (Lipinski definition) is 7. The predicted molar refractivity (Wildman–Crippen MR) is 60.5 cm³/mol. The van der Waals surface area contributed by atoms with Crippen LogP contribution in [0.25, 0.3) is 11.2 Å². The molecule has 0 bridgehead atoms. The molecular weight excluding hydrogens is 212 g/mol. The molecule has 2 heterocycles. The molecule has 6 nitrogen and oxygen atoms in total. The molecule has 0 aliphatic carbocycles. The lowest BCUT2D eigenvalue weighted by Gasteiger charge is -2.04. The number of anilines is 2. The van der Waals surface area contributed by atoms with E-state index in [0.29, 0.717) is 33.6 Å². The van der Waals surface area contributed by atoms with Crippen LogP contribution in [0.15, 0.2) is 5.16 Å². The lowest BCUT2D eigenvalue weighted by atomic mass is 10.4. The summed E-state index contributed by atoms with van der Waals surface area (Å²) >= 11 is 1.40. The van der Waals surface area contributed by atoms with E-state index in [1.807, 2.05) is 6.26 Å². The highest BCUT2D eigenvalue weighted by molar-refractivity contribution is 7.98. The number of thioether (sulfide) groups is 1. The summed E-state index contributed by atoms with van der Waals surface area (Å²) in [5.41, 5.74) is 13.0. The summed E-state index contributed by atoms with van der Waals surface area (Å²) in [6.07, 6.45) is 1.87. The van der Waals surface area contributed by atoms with Gasteiger partial charge in [-0.25, -0.2) is 19.9 Å². The van der Waals surface area contributed by atoms with Gasteiger partial charge in [0.05, 0.1) is 5.69 Å². The Balaban J connectivity index is 2.80. The molecule has 7 heteroatoms. The average molecular weight is 222 g/mol. The maximum atomic E-state index is 5.74. The molecule has 78 valence electrons. The summed E-state index contributed by atoms with van der Waals surface area (Å²) in [6.45, 7) is 1.77. The molecule has 0 spiro atoms. The van der Waals surface area contributed by atoms with Crippen molar-refractivity contribution in [1.29, 1.82) is 0 Å². The van der Waals surface area contributed by atoms with Crippen LogP contribution in [0.1, 0.15) is 5.69 Å². The van der Waals surface area contributed by atoms with E-state index >= 15 is 0 Å². The van der Waals surface area contributed by atoms with E-state index in [4.69, 9.17) is 11.5 Å². The van der Waals surface area contributed by atoms with Crippen LogP contribution in [0.5, 0.6) is 0 Å². The first-order valence-corrected chi connectivity index (χ1v) is 5.45. The molecule has 0 unspecified atom stereocenters. The molecule has 15 heavy (non-hydrogen) atoms. The van der Waals surface area contributed by atoms with Gasteiger partial charge in [-0.15, -0.1) is 0 Å². The van der Waals surface area contributed by atoms with Crippen LogP contribution in [0.2, 0.25) is 0 Å². The van der Waals surface area contributed by atoms with Crippen LogP contribution in [0.3, 0.4) is 0 Å². The second-order valence-corrected chi connectivity index (χ2v) is 3.74. The van der Waals surface area contributed by atoms with Crippen molar-refractivity contribution in [3.8, 4) is 0 Å². The highest BCUT2D eigenvalue weighted by atomic mass is 32.2. The normalized spacial score (nSPS) is 10.8. The van der Waals surface area contributed by atoms with E-state index < -0.39 is 0 Å². The predicted octanol–water partition coefficient (Wildman–Crippen LogP) is 0.615. The van der Waals surface area contributed by atoms with Crippen LogP contribution in [0, 0.1) is 6.92 Å². The van der Waals surface area contributed by atoms with E-state index in [1.165, 1.54) is 11.8 Å². The van der Waals surface area contributed by atoms with E-state index in [-0.39, 0.29) is 0 Å². The summed E-state index contributed by atoms with van der Waals surface area (Å²) < 4.78 is 0. The third-order valence-electron chi connectivity index (χ3n) is 1.93. The molecule has 0 atom stereocenters. The zero-order valence-corrected chi connectivity index (χ0v) is 9.17. The number of rotatable bonds is 1. The van der Waals surface area contributed by atoms with E-state index in [0.717, 1.165) is 0 Å². The first-order valence-electron chi connectivity index (χ1n) is 4.23. The van der Waals surface area contributed by atoms with Gasteiger partial charge in [-0.1, -0.05) is 11.8 Å². The van der Waals surface area contributed by atoms with Crippen LogP contribution in [-0.2, 0) is 0 Å². The standard InChI is InChI=1S/C8H10N6S/c1-3-5(9)12-7-4(11-3)6(10)13-8(14-7)15-2/h1-2H3,(H4,9,10,12,13,14). The van der Waals surface area contributed by atoms with Gasteiger partial charge in [0, 0.05) is 0 Å². The molecule has 2 aromatic rings. The van der Waals surface area contributed by atoms with E-state index in [9.17, 15) is 0 Å². The fraction of sp³-hybridized carbons (Fsp3) is 0.250. The Morgan fingerprint density at radius 1 is 1.00 bits per heavy atom. The van der Waals surface area contributed by atoms with Gasteiger partial charge < -0.3 is 11.5 Å². The number of aromatic nitrogens is 4. The summed E-state index contributed by atoms with van der Waals surface area (Å²) in [7, 11) is 0. The quantitative estimate of drug-likeness (QED) is 0.538. The molecule has 0 radical (unpaired) electrons. The number of hydrogen-bond donors (Lipinski definition) is 2. The van der Waals surface area contributed by atoms with Crippen molar-refractivity contribution >= 4 is 34.6 Å². The highest BCUT2D eigenvalue weighted by Gasteiger charge is 2.09. The van der Waals surface area contributed by atoms with Gasteiger partial charge >= 0.3 is 0 Å². The topological polar surface area (TPSA) is 104 Å². The van der Waals surface area contributed by atoms with Gasteiger partial charge in [-0.05, 0) is 13.2 Å². The minimum Gasteiger partial charge on any atom is -0.382 e. The lowest BCUT2D eigenvalue weighted by molar-refractivity contribution is 0.986. The maximum absolute atomic E-state index is 5.74. The molecular formula is C8H10N6S. The monoisotopic (exact) mass is 222 g/mol. The fourth-order valence-electron chi connectivity index (χ4n) is 1.14. The second kappa shape index (κ2) is 3.50. The summed E-state index contributed by atoms with van der Waals surface area (Å²) in [6, 6.07) is 0. The first kappa shape index (κ1) is 9.91. The molecule has 0 aliphatic heterocycles. The number of nitrogens with two attached hydrogens (primary N) is 2.